The molecule has 0 amide bonds. The minimum Gasteiger partial charge on any atom is -0.358 e. The molecule has 1 heteroatoms. The molecule has 2 aromatic carbocycles. The Balaban J connectivity index is 0.00000147. The number of benzene rings is 1. The Morgan fingerprint density at radius 1 is 1.05 bits per heavy atom. The molecule has 0 N–H and O–H groups in total. The van der Waals surface area contributed by atoms with Gasteiger partial charge in [0, 0.05) is 25.8 Å². The Labute approximate surface area is 156 Å². The van der Waals surface area contributed by atoms with Crippen molar-refractivity contribution < 1.29 is 25.8 Å². The quantitative estimate of drug-likeness (QED) is 0.362. The summed E-state index contributed by atoms with van der Waals surface area (Å²) in [5.41, 5.74) is 5.28. The van der Waals surface area contributed by atoms with Crippen LogP contribution < -0.4 is 0 Å². The number of fused-ring (bicyclic) bond motifs is 2. The Hall–Kier alpha value is -0.300. The van der Waals surface area contributed by atoms with E-state index in [4.69, 9.17) is 0 Å². The third-order valence-corrected chi connectivity index (χ3v) is 5.38. The van der Waals surface area contributed by atoms with Crippen LogP contribution in [0.25, 0.3) is 10.8 Å². The van der Waals surface area contributed by atoms with Gasteiger partial charge in [-0.3, -0.25) is 0 Å². The summed E-state index contributed by atoms with van der Waals surface area (Å²) in [6.45, 7) is 9.30. The van der Waals surface area contributed by atoms with E-state index in [1.165, 1.54) is 42.0 Å². The van der Waals surface area contributed by atoms with E-state index in [0.717, 1.165) is 0 Å². The minimum atomic E-state index is 0. The third-order valence-electron chi connectivity index (χ3n) is 5.38. The van der Waals surface area contributed by atoms with Gasteiger partial charge in [0.25, 0.3) is 0 Å². The first-order valence-electron chi connectivity index (χ1n) is 7.79. The molecule has 0 radical (unpaired) electrons. The number of hydrogen-bond donors (Lipinski definition) is 0. The van der Waals surface area contributed by atoms with Gasteiger partial charge in [-0.15, -0.1) is 34.5 Å². The van der Waals surface area contributed by atoms with E-state index in [1.54, 1.807) is 11.1 Å². The van der Waals surface area contributed by atoms with E-state index < -0.39 is 0 Å². The molecule has 0 spiro atoms. The van der Waals surface area contributed by atoms with Gasteiger partial charge in [-0.05, 0) is 31.1 Å². The first kappa shape index (κ1) is 21.7. The average molecular weight is 462 g/mol. The van der Waals surface area contributed by atoms with E-state index in [0.29, 0.717) is 11.3 Å². The van der Waals surface area contributed by atoms with Crippen LogP contribution in [-0.4, -0.2) is 0 Å². The predicted molar refractivity (Wildman–Crippen MR) is 96.9 cm³/mol. The van der Waals surface area contributed by atoms with Crippen molar-refractivity contribution in [2.45, 2.75) is 59.3 Å². The second-order valence-electron chi connectivity index (χ2n) is 6.71. The second-order valence-corrected chi connectivity index (χ2v) is 6.71. The first-order valence-corrected chi connectivity index (χ1v) is 7.79. The summed E-state index contributed by atoms with van der Waals surface area (Å²) >= 11 is 0. The van der Waals surface area contributed by atoms with Crippen molar-refractivity contribution in [1.29, 1.82) is 0 Å². The zero-order valence-corrected chi connectivity index (χ0v) is 18.8. The second kappa shape index (κ2) is 7.99. The summed E-state index contributed by atoms with van der Waals surface area (Å²) in [5.74, 6) is 0.624. The summed E-state index contributed by atoms with van der Waals surface area (Å²) in [4.78, 5) is 0. The molecule has 0 unspecified atom stereocenters. The van der Waals surface area contributed by atoms with Gasteiger partial charge in [-0.2, -0.15) is 6.07 Å². The van der Waals surface area contributed by atoms with Crippen LogP contribution in [0.4, 0.5) is 0 Å². The summed E-state index contributed by atoms with van der Waals surface area (Å²) < 4.78 is 0. The van der Waals surface area contributed by atoms with Crippen LogP contribution in [0.3, 0.4) is 0 Å². The van der Waals surface area contributed by atoms with Crippen LogP contribution in [0.5, 0.6) is 0 Å². The van der Waals surface area contributed by atoms with Gasteiger partial charge in [0.15, 0.2) is 0 Å². The Bertz CT molecular complexity index is 600. The summed E-state index contributed by atoms with van der Waals surface area (Å²) in [6, 6.07) is 9.58. The monoisotopic (exact) mass is 463 g/mol. The van der Waals surface area contributed by atoms with Crippen molar-refractivity contribution in [3.63, 3.8) is 0 Å². The maximum Gasteiger partial charge on any atom is 0 e. The number of rotatable bonds is 3. The maximum atomic E-state index is 2.49. The largest absolute Gasteiger partial charge is 0.358 e. The van der Waals surface area contributed by atoms with Gasteiger partial charge in [0.2, 0.25) is 0 Å². The summed E-state index contributed by atoms with van der Waals surface area (Å²) in [5, 5.41) is 2.95. The third kappa shape index (κ3) is 3.45. The fourth-order valence-corrected chi connectivity index (χ4v) is 3.82. The van der Waals surface area contributed by atoms with Gasteiger partial charge in [0.05, 0.1) is 0 Å². The Kier molecular flexibility index (Phi) is 7.89. The van der Waals surface area contributed by atoms with E-state index >= 15 is 0 Å². The van der Waals surface area contributed by atoms with Crippen LogP contribution in [0, 0.1) is 20.3 Å². The van der Waals surface area contributed by atoms with Crippen LogP contribution in [0.15, 0.2) is 24.3 Å². The van der Waals surface area contributed by atoms with Crippen molar-refractivity contribution in [3.8, 4) is 0 Å². The zero-order chi connectivity index (χ0) is 13.6. The van der Waals surface area contributed by atoms with Crippen LogP contribution in [0.1, 0.15) is 63.1 Å². The van der Waals surface area contributed by atoms with Crippen molar-refractivity contribution in [3.05, 3.63) is 55.8 Å². The van der Waals surface area contributed by atoms with Gasteiger partial charge in [-0.1, -0.05) is 44.7 Å². The SMILES string of the molecule is CCC1(CC)Cc2cc3cc[c-](C(C)C)c3cc2C1.[CH3-].[CH3-].[Hf]. The van der Waals surface area contributed by atoms with Gasteiger partial charge < -0.3 is 14.9 Å². The molecule has 0 heterocycles. The molecule has 1 aliphatic carbocycles. The molecular formula is C21H31Hf-3. The molecule has 0 atom stereocenters. The van der Waals surface area contributed by atoms with E-state index in [-0.39, 0.29) is 40.7 Å². The minimum absolute atomic E-state index is 0. The summed E-state index contributed by atoms with van der Waals surface area (Å²) in [7, 11) is 0. The molecule has 0 bridgehead atoms. The molecule has 0 saturated heterocycles. The first-order chi connectivity index (χ1) is 9.08. The van der Waals surface area contributed by atoms with Crippen molar-refractivity contribution in [2.24, 2.45) is 5.41 Å². The predicted octanol–water partition coefficient (Wildman–Crippen LogP) is 6.49. The van der Waals surface area contributed by atoms with Crippen LogP contribution >= 0.6 is 0 Å². The van der Waals surface area contributed by atoms with Crippen molar-refractivity contribution in [1.82, 2.24) is 0 Å². The molecule has 2 aromatic rings. The van der Waals surface area contributed by atoms with Crippen molar-refractivity contribution >= 4 is 10.8 Å². The van der Waals surface area contributed by atoms with E-state index in [9.17, 15) is 0 Å². The van der Waals surface area contributed by atoms with Gasteiger partial charge in [-0.25, -0.2) is 0 Å². The molecule has 0 nitrogen and oxygen atoms in total. The van der Waals surface area contributed by atoms with Gasteiger partial charge in [0.1, 0.15) is 0 Å². The molecule has 1 aliphatic rings. The van der Waals surface area contributed by atoms with E-state index in [2.05, 4.69) is 52.0 Å². The normalized spacial score (nSPS) is 15.0. The smallest absolute Gasteiger partial charge is 0 e. The molecular weight excluding hydrogens is 431 g/mol. The average Bonchev–Trinajstić information content (AvgIpc) is 2.96. The molecule has 0 aromatic heterocycles. The zero-order valence-electron chi connectivity index (χ0n) is 15.2. The van der Waals surface area contributed by atoms with Gasteiger partial charge >= 0.3 is 0 Å². The number of hydrogen-bond acceptors (Lipinski definition) is 0. The molecule has 3 rings (SSSR count). The maximum absolute atomic E-state index is 2.49. The Morgan fingerprint density at radius 3 is 2.09 bits per heavy atom. The molecule has 0 saturated carbocycles. The molecule has 0 aliphatic heterocycles. The molecule has 22 heavy (non-hydrogen) atoms. The fraction of sp³-hybridized carbons (Fsp3) is 0.476. The van der Waals surface area contributed by atoms with Crippen LogP contribution in [0.2, 0.25) is 0 Å². The standard InChI is InChI=1S/C19H25.2CH3.Hf/c1-5-19(6-2)11-15-9-14-7-8-17(13(3)4)18(14)10-16(15)12-19;;;/h7-10,13H,5-6,11-12H2,1-4H3;2*1H3;/q3*-1;. The van der Waals surface area contributed by atoms with Crippen LogP contribution in [-0.2, 0) is 38.7 Å². The molecule has 0 fully saturated rings. The molecule has 122 valence electrons. The topological polar surface area (TPSA) is 0 Å². The summed E-state index contributed by atoms with van der Waals surface area (Å²) in [6.07, 6.45) is 5.18. The van der Waals surface area contributed by atoms with E-state index in [1.807, 2.05) is 0 Å². The fourth-order valence-electron chi connectivity index (χ4n) is 3.82. The Morgan fingerprint density at radius 2 is 1.59 bits per heavy atom. The van der Waals surface area contributed by atoms with Crippen molar-refractivity contribution in [2.75, 3.05) is 0 Å².